The quantitative estimate of drug-likeness (QED) is 0.0959. The van der Waals surface area contributed by atoms with Crippen molar-refractivity contribution in [2.45, 2.75) is 47.0 Å². The lowest BCUT2D eigenvalue weighted by molar-refractivity contribution is 0.227. The van der Waals surface area contributed by atoms with Crippen LogP contribution in [0.5, 0.6) is 0 Å². The molecule has 14 heteroatoms. The lowest BCUT2D eigenvalue weighted by atomic mass is 9.84. The van der Waals surface area contributed by atoms with Crippen molar-refractivity contribution in [3.8, 4) is 22.5 Å². The van der Waals surface area contributed by atoms with Gasteiger partial charge in [0.15, 0.2) is 11.6 Å². The van der Waals surface area contributed by atoms with E-state index in [2.05, 4.69) is 9.97 Å². The number of hydrogen-bond donors (Lipinski definition) is 0. The number of hydrogen-bond acceptors (Lipinski definition) is 8. The number of benzene rings is 2. The molecule has 4 rings (SSSR count). The number of aromatic nitrogens is 2. The second-order valence-corrected chi connectivity index (χ2v) is 14.5. The van der Waals surface area contributed by atoms with E-state index in [9.17, 15) is 17.9 Å². The van der Waals surface area contributed by atoms with Crippen LogP contribution < -0.4 is 10.6 Å². The topological polar surface area (TPSA) is 96.8 Å². The Morgan fingerprint density at radius 2 is 0.915 bits per heavy atom. The van der Waals surface area contributed by atoms with Gasteiger partial charge < -0.3 is 18.1 Å². The molecule has 0 aliphatic rings. The summed E-state index contributed by atoms with van der Waals surface area (Å²) in [6.07, 6.45) is 0. The van der Waals surface area contributed by atoms with Crippen LogP contribution >= 0.6 is 15.2 Å². The Hall–Kier alpha value is -3.24. The Labute approximate surface area is 271 Å². The molecule has 0 aliphatic carbocycles. The van der Waals surface area contributed by atoms with Gasteiger partial charge in [-0.05, 0) is 90.1 Å². The molecule has 2 heterocycles. The Bertz CT molecular complexity index is 1710. The zero-order valence-electron chi connectivity index (χ0n) is 26.9. The van der Waals surface area contributed by atoms with E-state index in [-0.39, 0.29) is 48.9 Å². The molecule has 4 aromatic rings. The van der Waals surface area contributed by atoms with Gasteiger partial charge in [0.05, 0.1) is 49.2 Å². The summed E-state index contributed by atoms with van der Waals surface area (Å²) in [6, 6.07) is 14.0. The van der Waals surface area contributed by atoms with Crippen molar-refractivity contribution in [2.24, 2.45) is 0 Å². The van der Waals surface area contributed by atoms with Crippen molar-refractivity contribution in [1.82, 2.24) is 9.97 Å². The summed E-state index contributed by atoms with van der Waals surface area (Å²) in [5.74, 6) is -4.42. The maximum atomic E-state index is 15.9. The molecular formula is C33H36F4N2O6P2. The third-order valence-electron chi connectivity index (χ3n) is 7.21. The monoisotopic (exact) mass is 694 g/mol. The number of rotatable bonds is 14. The largest absolute Gasteiger partial charge is 0.367 e. The minimum Gasteiger partial charge on any atom is -0.305 e. The van der Waals surface area contributed by atoms with Crippen LogP contribution in [0.3, 0.4) is 0 Å². The second kappa shape index (κ2) is 14.9. The molecule has 0 fully saturated rings. The van der Waals surface area contributed by atoms with Gasteiger partial charge in [-0.15, -0.1) is 0 Å². The molecule has 0 bridgehead atoms. The van der Waals surface area contributed by atoms with Crippen molar-refractivity contribution in [3.05, 3.63) is 95.3 Å². The number of halogens is 4. The molecule has 0 spiro atoms. The van der Waals surface area contributed by atoms with Gasteiger partial charge in [0.25, 0.3) is 0 Å². The molecule has 2 aromatic heterocycles. The molecule has 0 amide bonds. The standard InChI is InChI=1S/C33H36F4N2O6P2/c1-7-42-46(40,43-8-2)31-23(34)19-17-21(29(31)36)25-13-11-15-27(38-25)33(5,6)28-16-12-14-26(39-28)22-18-20-24(35)32(30(22)37)47(41,44-9-3)45-10-4/h11-20H,7-10H2,1-6H3. The third-order valence-corrected chi connectivity index (χ3v) is 11.5. The highest BCUT2D eigenvalue weighted by Crippen LogP contribution is 2.50. The van der Waals surface area contributed by atoms with Crippen LogP contribution in [0.1, 0.15) is 52.9 Å². The second-order valence-electron chi connectivity index (χ2n) is 10.6. The highest BCUT2D eigenvalue weighted by molar-refractivity contribution is 7.62. The average molecular weight is 695 g/mol. The molecule has 0 saturated heterocycles. The normalized spacial score (nSPS) is 12.5. The van der Waals surface area contributed by atoms with Crippen molar-refractivity contribution < 1.29 is 44.8 Å². The molecule has 0 atom stereocenters. The fraction of sp³-hybridized carbons (Fsp3) is 0.333. The van der Waals surface area contributed by atoms with Gasteiger partial charge in [-0.2, -0.15) is 0 Å². The van der Waals surface area contributed by atoms with E-state index in [1.54, 1.807) is 38.1 Å². The Morgan fingerprint density at radius 3 is 1.23 bits per heavy atom. The van der Waals surface area contributed by atoms with Crippen LogP contribution in [0.25, 0.3) is 22.5 Å². The van der Waals surface area contributed by atoms with E-state index < -0.39 is 54.5 Å². The van der Waals surface area contributed by atoms with Gasteiger partial charge >= 0.3 is 15.2 Å². The maximum Gasteiger partial charge on any atom is 0.367 e. The van der Waals surface area contributed by atoms with Gasteiger partial charge in [0.2, 0.25) is 0 Å². The molecule has 8 nitrogen and oxygen atoms in total. The van der Waals surface area contributed by atoms with Crippen LogP contribution in [-0.2, 0) is 32.6 Å². The van der Waals surface area contributed by atoms with Crippen molar-refractivity contribution in [1.29, 1.82) is 0 Å². The van der Waals surface area contributed by atoms with Gasteiger partial charge in [0, 0.05) is 16.5 Å². The predicted octanol–water partition coefficient (Wildman–Crippen LogP) is 8.48. The lowest BCUT2D eigenvalue weighted by Crippen LogP contribution is -2.23. The first-order chi connectivity index (χ1) is 22.3. The molecule has 0 unspecified atom stereocenters. The van der Waals surface area contributed by atoms with Crippen molar-refractivity contribution >= 4 is 25.8 Å². The summed E-state index contributed by atoms with van der Waals surface area (Å²) in [4.78, 5) is 9.30. The third kappa shape index (κ3) is 7.28. The van der Waals surface area contributed by atoms with E-state index in [1.165, 1.54) is 52.0 Å². The molecular weight excluding hydrogens is 658 g/mol. The van der Waals surface area contributed by atoms with E-state index >= 15 is 8.78 Å². The Morgan fingerprint density at radius 1 is 0.574 bits per heavy atom. The van der Waals surface area contributed by atoms with Crippen LogP contribution in [0, 0.1) is 23.3 Å². The summed E-state index contributed by atoms with van der Waals surface area (Å²) in [5, 5.41) is -1.61. The summed E-state index contributed by atoms with van der Waals surface area (Å²) in [5.41, 5.74) is -0.171. The highest BCUT2D eigenvalue weighted by atomic mass is 31.2. The Balaban J connectivity index is 1.80. The van der Waals surface area contributed by atoms with Gasteiger partial charge in [-0.25, -0.2) is 17.6 Å². The van der Waals surface area contributed by atoms with Gasteiger partial charge in [0.1, 0.15) is 22.2 Å². The fourth-order valence-electron chi connectivity index (χ4n) is 4.99. The molecule has 0 aliphatic heterocycles. The van der Waals surface area contributed by atoms with E-state index in [1.807, 2.05) is 0 Å². The number of nitrogens with zero attached hydrogens (tertiary/aromatic N) is 2. The van der Waals surface area contributed by atoms with Crippen LogP contribution in [0.4, 0.5) is 17.6 Å². The molecule has 47 heavy (non-hydrogen) atoms. The smallest absolute Gasteiger partial charge is 0.305 e. The summed E-state index contributed by atoms with van der Waals surface area (Å²) in [6.45, 7) is 9.31. The lowest BCUT2D eigenvalue weighted by Gasteiger charge is -2.25. The van der Waals surface area contributed by atoms with E-state index in [0.717, 1.165) is 12.1 Å². The molecule has 0 radical (unpaired) electrons. The van der Waals surface area contributed by atoms with Gasteiger partial charge in [-0.3, -0.25) is 19.1 Å². The van der Waals surface area contributed by atoms with Crippen molar-refractivity contribution in [2.75, 3.05) is 26.4 Å². The number of pyridine rings is 2. The zero-order valence-corrected chi connectivity index (χ0v) is 28.6. The summed E-state index contributed by atoms with van der Waals surface area (Å²) in [7, 11) is -8.65. The first-order valence-electron chi connectivity index (χ1n) is 15.0. The zero-order chi connectivity index (χ0) is 34.6. The van der Waals surface area contributed by atoms with Crippen LogP contribution in [0.2, 0.25) is 0 Å². The first kappa shape index (κ1) is 36.6. The predicted molar refractivity (Wildman–Crippen MR) is 172 cm³/mol. The Kier molecular flexibility index (Phi) is 11.6. The summed E-state index contributed by atoms with van der Waals surface area (Å²) >= 11 is 0. The molecule has 0 N–H and O–H groups in total. The first-order valence-corrected chi connectivity index (χ1v) is 18.1. The van der Waals surface area contributed by atoms with Crippen LogP contribution in [-0.4, -0.2) is 36.4 Å². The maximum absolute atomic E-state index is 15.9. The van der Waals surface area contributed by atoms with Crippen LogP contribution in [0.15, 0.2) is 60.7 Å². The van der Waals surface area contributed by atoms with Gasteiger partial charge in [-0.1, -0.05) is 12.1 Å². The van der Waals surface area contributed by atoms with Crippen molar-refractivity contribution in [3.63, 3.8) is 0 Å². The van der Waals surface area contributed by atoms with E-state index in [4.69, 9.17) is 18.1 Å². The highest BCUT2D eigenvalue weighted by Gasteiger charge is 2.37. The average Bonchev–Trinajstić information content (AvgIpc) is 3.02. The molecule has 0 saturated carbocycles. The summed E-state index contributed by atoms with van der Waals surface area (Å²) < 4.78 is 109. The van der Waals surface area contributed by atoms with E-state index in [0.29, 0.717) is 11.4 Å². The molecule has 2 aromatic carbocycles. The molecule has 252 valence electrons. The SMILES string of the molecule is CCOP(=O)(OCC)c1c(F)ccc(-c2cccc(C(C)(C)c3cccc(-c4ccc(F)c(P(=O)(OCC)OCC)c4F)n3)n2)c1F. The fourth-order valence-corrected chi connectivity index (χ4v) is 8.41. The minimum atomic E-state index is -4.33. The minimum absolute atomic E-state index is 0.101.